The summed E-state index contributed by atoms with van der Waals surface area (Å²) in [6.45, 7) is 5.47. The predicted molar refractivity (Wildman–Crippen MR) is 120 cm³/mol. The fourth-order valence-electron chi connectivity index (χ4n) is 4.01. The first-order chi connectivity index (χ1) is 14.6. The van der Waals surface area contributed by atoms with Crippen LogP contribution in [0, 0.1) is 11.3 Å². The number of nitrogens with one attached hydrogen (secondary N) is 1. The summed E-state index contributed by atoms with van der Waals surface area (Å²) in [5.41, 5.74) is 5.25. The summed E-state index contributed by atoms with van der Waals surface area (Å²) < 4.78 is 0. The molecular formula is C26H31N3O. The number of rotatable bonds is 8. The fourth-order valence-corrected chi connectivity index (χ4v) is 4.01. The Labute approximate surface area is 180 Å². The Morgan fingerprint density at radius 2 is 1.87 bits per heavy atom. The normalized spacial score (nSPS) is 14.4. The number of carbonyl (C=O) groups is 1. The van der Waals surface area contributed by atoms with Crippen LogP contribution in [0.25, 0.3) is 0 Å². The van der Waals surface area contributed by atoms with E-state index in [4.69, 9.17) is 0 Å². The Morgan fingerprint density at radius 1 is 1.13 bits per heavy atom. The Morgan fingerprint density at radius 3 is 2.53 bits per heavy atom. The van der Waals surface area contributed by atoms with Crippen LogP contribution in [0.2, 0.25) is 0 Å². The first kappa shape index (κ1) is 21.6. The molecule has 0 saturated heterocycles. The molecule has 4 heteroatoms. The molecule has 1 unspecified atom stereocenters. The second-order valence-electron chi connectivity index (χ2n) is 7.87. The third kappa shape index (κ3) is 5.51. The van der Waals surface area contributed by atoms with Gasteiger partial charge in [-0.15, -0.1) is 0 Å². The molecule has 0 aliphatic heterocycles. The highest BCUT2D eigenvalue weighted by Crippen LogP contribution is 2.26. The first-order valence-electron chi connectivity index (χ1n) is 11.0. The summed E-state index contributed by atoms with van der Waals surface area (Å²) in [7, 11) is 0. The van der Waals surface area contributed by atoms with Crippen LogP contribution in [-0.2, 0) is 24.2 Å². The summed E-state index contributed by atoms with van der Waals surface area (Å²) in [6.07, 6.45) is 7.21. The number of hydrogen-bond donors (Lipinski definition) is 1. The summed E-state index contributed by atoms with van der Waals surface area (Å²) >= 11 is 0. The van der Waals surface area contributed by atoms with Gasteiger partial charge in [0.15, 0.2) is 0 Å². The first-order valence-corrected chi connectivity index (χ1v) is 11.0. The molecule has 156 valence electrons. The van der Waals surface area contributed by atoms with Gasteiger partial charge in [0.1, 0.15) is 11.6 Å². The largest absolute Gasteiger partial charge is 0.372 e. The summed E-state index contributed by atoms with van der Waals surface area (Å²) in [4.78, 5) is 14.9. The van der Waals surface area contributed by atoms with Gasteiger partial charge in [0.25, 0.3) is 5.91 Å². The quantitative estimate of drug-likeness (QED) is 0.497. The molecule has 0 fully saturated rings. The fraction of sp³-hybridized carbons (Fsp3) is 0.385. The van der Waals surface area contributed by atoms with Crippen molar-refractivity contribution in [2.24, 2.45) is 0 Å². The molecule has 0 radical (unpaired) electrons. The van der Waals surface area contributed by atoms with E-state index >= 15 is 0 Å². The zero-order chi connectivity index (χ0) is 21.3. The van der Waals surface area contributed by atoms with Crippen molar-refractivity contribution < 1.29 is 4.79 Å². The van der Waals surface area contributed by atoms with Crippen molar-refractivity contribution in [1.82, 2.24) is 10.2 Å². The maximum Gasteiger partial charge on any atom is 0.263 e. The molecule has 0 spiro atoms. The second kappa shape index (κ2) is 10.6. The number of carbonyl (C=O) groups excluding carboxylic acids is 1. The molecule has 0 heterocycles. The lowest BCUT2D eigenvalue weighted by Gasteiger charge is -2.22. The van der Waals surface area contributed by atoms with Crippen LogP contribution in [0.15, 0.2) is 60.3 Å². The van der Waals surface area contributed by atoms with Crippen molar-refractivity contribution in [3.63, 3.8) is 0 Å². The highest BCUT2D eigenvalue weighted by molar-refractivity contribution is 5.97. The molecule has 1 atom stereocenters. The minimum Gasteiger partial charge on any atom is -0.372 e. The van der Waals surface area contributed by atoms with Crippen molar-refractivity contribution >= 4 is 5.91 Å². The van der Waals surface area contributed by atoms with E-state index in [1.807, 2.05) is 42.2 Å². The monoisotopic (exact) mass is 401 g/mol. The molecule has 0 bridgehead atoms. The number of amides is 1. The van der Waals surface area contributed by atoms with Gasteiger partial charge in [0.2, 0.25) is 0 Å². The van der Waals surface area contributed by atoms with E-state index in [0.29, 0.717) is 6.54 Å². The minimum absolute atomic E-state index is 0.0920. The van der Waals surface area contributed by atoms with Crippen LogP contribution in [0.5, 0.6) is 0 Å². The molecule has 1 aliphatic carbocycles. The Kier molecular flexibility index (Phi) is 7.68. The van der Waals surface area contributed by atoms with E-state index in [1.165, 1.54) is 24.0 Å². The number of hydrogen-bond acceptors (Lipinski definition) is 3. The van der Waals surface area contributed by atoms with Crippen LogP contribution < -0.4 is 5.32 Å². The Hall–Kier alpha value is -3.06. The lowest BCUT2D eigenvalue weighted by atomic mass is 9.88. The Balaban J connectivity index is 1.72. The van der Waals surface area contributed by atoms with Gasteiger partial charge in [-0.2, -0.15) is 5.26 Å². The summed E-state index contributed by atoms with van der Waals surface area (Å²) in [5, 5.41) is 12.7. The van der Waals surface area contributed by atoms with Gasteiger partial charge in [0, 0.05) is 19.3 Å². The van der Waals surface area contributed by atoms with Gasteiger partial charge in [-0.3, -0.25) is 4.79 Å². The highest BCUT2D eigenvalue weighted by Gasteiger charge is 2.19. The third-order valence-corrected chi connectivity index (χ3v) is 5.80. The lowest BCUT2D eigenvalue weighted by molar-refractivity contribution is -0.117. The average Bonchev–Trinajstić information content (AvgIpc) is 2.80. The number of benzene rings is 2. The molecule has 0 saturated carbocycles. The third-order valence-electron chi connectivity index (χ3n) is 5.80. The van der Waals surface area contributed by atoms with Crippen LogP contribution in [0.1, 0.15) is 61.4 Å². The maximum absolute atomic E-state index is 12.9. The number of fused-ring (bicyclic) bond motifs is 1. The minimum atomic E-state index is -0.311. The van der Waals surface area contributed by atoms with Gasteiger partial charge in [-0.25, -0.2) is 0 Å². The molecule has 30 heavy (non-hydrogen) atoms. The molecular weight excluding hydrogens is 370 g/mol. The number of nitriles is 1. The predicted octanol–water partition coefficient (Wildman–Crippen LogP) is 5.06. The van der Waals surface area contributed by atoms with Gasteiger partial charge >= 0.3 is 0 Å². The van der Waals surface area contributed by atoms with E-state index in [-0.39, 0.29) is 17.5 Å². The van der Waals surface area contributed by atoms with Crippen LogP contribution in [0.4, 0.5) is 0 Å². The topological polar surface area (TPSA) is 56.1 Å². The molecule has 4 nitrogen and oxygen atoms in total. The van der Waals surface area contributed by atoms with Gasteiger partial charge in [-0.05, 0) is 61.3 Å². The van der Waals surface area contributed by atoms with Crippen molar-refractivity contribution in [3.05, 3.63) is 82.6 Å². The van der Waals surface area contributed by atoms with Crippen LogP contribution in [0.3, 0.4) is 0 Å². The molecule has 2 aromatic rings. The second-order valence-corrected chi connectivity index (χ2v) is 7.87. The van der Waals surface area contributed by atoms with Crippen molar-refractivity contribution in [2.75, 3.05) is 6.54 Å². The maximum atomic E-state index is 12.9. The molecule has 1 aliphatic rings. The van der Waals surface area contributed by atoms with Crippen molar-refractivity contribution in [3.8, 4) is 6.07 Å². The zero-order valence-electron chi connectivity index (χ0n) is 18.0. The van der Waals surface area contributed by atoms with E-state index in [2.05, 4.69) is 36.5 Å². The van der Waals surface area contributed by atoms with E-state index < -0.39 is 0 Å². The summed E-state index contributed by atoms with van der Waals surface area (Å²) in [5.74, 6) is -0.311. The molecule has 0 aromatic heterocycles. The number of aryl methyl sites for hydroxylation is 2. The smallest absolute Gasteiger partial charge is 0.263 e. The molecule has 1 amide bonds. The van der Waals surface area contributed by atoms with Gasteiger partial charge in [-0.1, -0.05) is 55.5 Å². The SMILES string of the molecule is CCC(NC(=O)/C(C#N)=C\N(CC)Cc1ccccc1)c1ccc2c(c1)CCCC2. The molecule has 2 aromatic carbocycles. The number of nitrogens with zero attached hydrogens (tertiary/aromatic N) is 2. The average molecular weight is 402 g/mol. The standard InChI is InChI=1S/C26H31N3O/c1-3-25(23-15-14-21-12-8-9-13-22(21)16-23)28-26(30)24(17-27)19-29(4-2)18-20-10-6-5-7-11-20/h5-7,10-11,14-16,19,25H,3-4,8-9,12-13,18H2,1-2H3,(H,28,30)/b24-19-. The lowest BCUT2D eigenvalue weighted by Crippen LogP contribution is -2.30. The zero-order valence-corrected chi connectivity index (χ0v) is 18.0. The highest BCUT2D eigenvalue weighted by atomic mass is 16.1. The van der Waals surface area contributed by atoms with E-state index in [9.17, 15) is 10.1 Å². The van der Waals surface area contributed by atoms with Crippen molar-refractivity contribution in [2.45, 2.75) is 58.5 Å². The van der Waals surface area contributed by atoms with Gasteiger partial charge < -0.3 is 10.2 Å². The van der Waals surface area contributed by atoms with Crippen molar-refractivity contribution in [1.29, 1.82) is 5.26 Å². The van der Waals surface area contributed by atoms with E-state index in [0.717, 1.165) is 36.9 Å². The van der Waals surface area contributed by atoms with Gasteiger partial charge in [0.05, 0.1) is 6.04 Å². The molecule has 1 N–H and O–H groups in total. The molecule has 3 rings (SSSR count). The Bertz CT molecular complexity index is 927. The van der Waals surface area contributed by atoms with Crippen LogP contribution in [-0.4, -0.2) is 17.4 Å². The van der Waals surface area contributed by atoms with Crippen LogP contribution >= 0.6 is 0 Å². The summed E-state index contributed by atoms with van der Waals surface area (Å²) in [6, 6.07) is 18.6. The van der Waals surface area contributed by atoms with E-state index in [1.54, 1.807) is 6.20 Å².